The Kier molecular flexibility index (Phi) is 7.64. The molecule has 5 rings (SSSR count). The Bertz CT molecular complexity index is 1200. The van der Waals surface area contributed by atoms with E-state index >= 15 is 0 Å². The lowest BCUT2D eigenvalue weighted by Crippen LogP contribution is -2.54. The molecule has 1 aromatic carbocycles. The van der Waals surface area contributed by atoms with Gasteiger partial charge in [-0.1, -0.05) is 29.9 Å². The number of halogens is 3. The van der Waals surface area contributed by atoms with Crippen LogP contribution in [0.2, 0.25) is 0 Å². The van der Waals surface area contributed by atoms with Gasteiger partial charge in [-0.15, -0.1) is 0 Å². The van der Waals surface area contributed by atoms with E-state index in [0.29, 0.717) is 61.9 Å². The first-order valence-corrected chi connectivity index (χ1v) is 13.8. The molecule has 0 N–H and O–H groups in total. The average molecular weight is 544 g/mol. The van der Waals surface area contributed by atoms with Crippen LogP contribution < -0.4 is 4.90 Å². The maximum absolute atomic E-state index is 13.8. The van der Waals surface area contributed by atoms with Crippen LogP contribution in [0.1, 0.15) is 51.5 Å². The molecule has 1 atom stereocenters. The molecule has 2 saturated heterocycles. The first-order chi connectivity index (χ1) is 18.6. The molecule has 2 fully saturated rings. The van der Waals surface area contributed by atoms with E-state index in [9.17, 15) is 22.8 Å². The number of rotatable bonds is 5. The molecule has 1 spiro atoms. The van der Waals surface area contributed by atoms with Gasteiger partial charge in [-0.2, -0.15) is 13.2 Å². The van der Waals surface area contributed by atoms with Gasteiger partial charge in [-0.05, 0) is 51.3 Å². The Labute approximate surface area is 227 Å². The molecular weight excluding hydrogens is 507 g/mol. The highest BCUT2D eigenvalue weighted by Gasteiger charge is 2.52. The van der Waals surface area contributed by atoms with E-state index in [2.05, 4.69) is 30.1 Å². The quantitative estimate of drug-likeness (QED) is 0.483. The lowest BCUT2D eigenvalue weighted by molar-refractivity contribution is -0.151. The molecule has 4 aliphatic rings. The van der Waals surface area contributed by atoms with Gasteiger partial charge in [0.2, 0.25) is 0 Å². The molecule has 0 saturated carbocycles. The minimum atomic E-state index is -4.40. The van der Waals surface area contributed by atoms with Gasteiger partial charge in [-0.3, -0.25) is 4.79 Å². The maximum Gasteiger partial charge on any atom is 0.416 e. The number of anilines is 1. The van der Waals surface area contributed by atoms with E-state index in [1.165, 1.54) is 11.6 Å². The number of carbonyl (C=O) groups excluding carboxylic acids is 2. The number of benzene rings is 1. The zero-order valence-corrected chi connectivity index (χ0v) is 22.6. The molecule has 3 heterocycles. The van der Waals surface area contributed by atoms with Gasteiger partial charge in [-0.25, -0.2) is 4.79 Å². The van der Waals surface area contributed by atoms with E-state index < -0.39 is 23.3 Å². The lowest BCUT2D eigenvalue weighted by Gasteiger charge is -2.43. The number of piperazine rings is 1. The molecule has 6 nitrogen and oxygen atoms in total. The first kappa shape index (κ1) is 27.5. The first-order valence-electron chi connectivity index (χ1n) is 13.8. The van der Waals surface area contributed by atoms with Crippen molar-refractivity contribution in [1.29, 1.82) is 0 Å². The molecule has 1 unspecified atom stereocenters. The third-order valence-corrected chi connectivity index (χ3v) is 8.58. The Balaban J connectivity index is 1.23. The van der Waals surface area contributed by atoms with Gasteiger partial charge in [0.25, 0.3) is 5.91 Å². The van der Waals surface area contributed by atoms with Gasteiger partial charge < -0.3 is 19.4 Å². The van der Waals surface area contributed by atoms with Crippen molar-refractivity contribution in [2.75, 3.05) is 44.2 Å². The van der Waals surface area contributed by atoms with Crippen molar-refractivity contribution in [2.24, 2.45) is 0 Å². The number of likely N-dealkylation sites (tertiary alicyclic amines) is 1. The summed E-state index contributed by atoms with van der Waals surface area (Å²) in [6.07, 6.45) is 6.62. The van der Waals surface area contributed by atoms with Crippen molar-refractivity contribution in [3.63, 3.8) is 0 Å². The lowest BCUT2D eigenvalue weighted by atomic mass is 9.81. The number of hydrogen-bond acceptors (Lipinski definition) is 5. The van der Waals surface area contributed by atoms with Crippen LogP contribution in [-0.2, 0) is 20.5 Å². The van der Waals surface area contributed by atoms with Crippen LogP contribution in [0.5, 0.6) is 0 Å². The Morgan fingerprint density at radius 3 is 2.44 bits per heavy atom. The number of ether oxygens (including phenoxy) is 1. The average Bonchev–Trinajstić information content (AvgIpc) is 3.17. The fraction of sp³-hybridized carbons (Fsp3) is 0.533. The molecule has 0 bridgehead atoms. The molecule has 39 heavy (non-hydrogen) atoms. The monoisotopic (exact) mass is 543 g/mol. The summed E-state index contributed by atoms with van der Waals surface area (Å²) in [5, 5.41) is 0. The van der Waals surface area contributed by atoms with E-state index in [-0.39, 0.29) is 5.91 Å². The minimum absolute atomic E-state index is 0.193. The summed E-state index contributed by atoms with van der Waals surface area (Å²) in [5.41, 5.74) is 1.10. The van der Waals surface area contributed by atoms with Gasteiger partial charge in [0.1, 0.15) is 5.60 Å². The second kappa shape index (κ2) is 10.8. The molecule has 0 radical (unpaired) electrons. The largest absolute Gasteiger partial charge is 0.450 e. The topological polar surface area (TPSA) is 53.1 Å². The molecule has 0 aromatic heterocycles. The molecular formula is C30H36F3N3O3. The van der Waals surface area contributed by atoms with Gasteiger partial charge >= 0.3 is 12.1 Å². The van der Waals surface area contributed by atoms with Crippen molar-refractivity contribution in [3.05, 3.63) is 64.8 Å². The Morgan fingerprint density at radius 2 is 1.79 bits per heavy atom. The zero-order valence-electron chi connectivity index (χ0n) is 22.6. The number of amides is 1. The summed E-state index contributed by atoms with van der Waals surface area (Å²) in [5.74, 6) is -0.624. The van der Waals surface area contributed by atoms with Crippen molar-refractivity contribution < 1.29 is 27.5 Å². The Hall–Kier alpha value is -3.07. The zero-order chi connectivity index (χ0) is 27.8. The number of nitrogens with zero attached hydrogens (tertiary/aromatic N) is 3. The third kappa shape index (κ3) is 5.64. The number of allylic oxidation sites excluding steroid dienone is 3. The number of alkyl halides is 3. The summed E-state index contributed by atoms with van der Waals surface area (Å²) in [4.78, 5) is 32.5. The van der Waals surface area contributed by atoms with Crippen molar-refractivity contribution in [2.45, 2.75) is 63.8 Å². The predicted octanol–water partition coefficient (Wildman–Crippen LogP) is 5.12. The maximum atomic E-state index is 13.8. The summed E-state index contributed by atoms with van der Waals surface area (Å²) in [6.45, 7) is 6.91. The highest BCUT2D eigenvalue weighted by atomic mass is 19.4. The standard InChI is InChI=1S/C30H36F3N3O3/c1-21(19-23-7-4-3-5-8-23)34-13-11-29(12-14-34)26(22(2)28(38)39-29)27(37)36-17-15-35(16-18-36)25-10-6-9-24(20-25)30(31,32)33/h4,6-10,20-21H,3,5,11-19H2,1-2H3. The van der Waals surface area contributed by atoms with Crippen LogP contribution in [0.3, 0.4) is 0 Å². The van der Waals surface area contributed by atoms with E-state index in [4.69, 9.17) is 4.74 Å². The molecule has 1 aromatic rings. The molecule has 1 aliphatic carbocycles. The van der Waals surface area contributed by atoms with Crippen LogP contribution in [0.15, 0.2) is 59.2 Å². The number of piperidine rings is 1. The van der Waals surface area contributed by atoms with Gasteiger partial charge in [0.15, 0.2) is 0 Å². The van der Waals surface area contributed by atoms with E-state index in [1.54, 1.807) is 17.9 Å². The van der Waals surface area contributed by atoms with Crippen LogP contribution in [0.4, 0.5) is 18.9 Å². The second-order valence-electron chi connectivity index (χ2n) is 11.1. The predicted molar refractivity (Wildman–Crippen MR) is 143 cm³/mol. The number of carbonyl (C=O) groups is 2. The Morgan fingerprint density at radius 1 is 1.08 bits per heavy atom. The summed E-state index contributed by atoms with van der Waals surface area (Å²) in [6, 6.07) is 5.63. The molecule has 3 aliphatic heterocycles. The van der Waals surface area contributed by atoms with Crippen molar-refractivity contribution >= 4 is 17.6 Å². The van der Waals surface area contributed by atoms with Crippen LogP contribution in [-0.4, -0.2) is 72.6 Å². The summed E-state index contributed by atoms with van der Waals surface area (Å²) >= 11 is 0. The van der Waals surface area contributed by atoms with Crippen molar-refractivity contribution in [1.82, 2.24) is 9.80 Å². The van der Waals surface area contributed by atoms with Gasteiger partial charge in [0.05, 0.1) is 11.1 Å². The smallest absolute Gasteiger partial charge is 0.416 e. The SMILES string of the molecule is CC1=C(C(=O)N2CCN(c3cccc(C(F)(F)F)c3)CC2)C2(CCN(C(C)CC3=CCCC=C3)CC2)OC1=O. The second-order valence-corrected chi connectivity index (χ2v) is 11.1. The van der Waals surface area contributed by atoms with Crippen LogP contribution in [0, 0.1) is 0 Å². The highest BCUT2D eigenvalue weighted by Crippen LogP contribution is 2.42. The minimum Gasteiger partial charge on any atom is -0.450 e. The number of hydrogen-bond donors (Lipinski definition) is 0. The van der Waals surface area contributed by atoms with Crippen molar-refractivity contribution in [3.8, 4) is 0 Å². The third-order valence-electron chi connectivity index (χ3n) is 8.58. The van der Waals surface area contributed by atoms with E-state index in [1.807, 2.05) is 4.90 Å². The van der Waals surface area contributed by atoms with Crippen LogP contribution >= 0.6 is 0 Å². The summed E-state index contributed by atoms with van der Waals surface area (Å²) in [7, 11) is 0. The molecule has 1 amide bonds. The molecule has 9 heteroatoms. The van der Waals surface area contributed by atoms with Gasteiger partial charge in [0, 0.05) is 69.4 Å². The fourth-order valence-electron chi connectivity index (χ4n) is 6.28. The summed E-state index contributed by atoms with van der Waals surface area (Å²) < 4.78 is 45.4. The van der Waals surface area contributed by atoms with Crippen LogP contribution in [0.25, 0.3) is 0 Å². The van der Waals surface area contributed by atoms with E-state index in [0.717, 1.165) is 44.5 Å². The number of esters is 1. The fourth-order valence-corrected chi connectivity index (χ4v) is 6.28. The normalized spacial score (nSPS) is 22.8. The highest BCUT2D eigenvalue weighted by molar-refractivity contribution is 6.07. The molecule has 210 valence electrons.